The van der Waals surface area contributed by atoms with Crippen LogP contribution in [0.1, 0.15) is 51.3 Å². The summed E-state index contributed by atoms with van der Waals surface area (Å²) in [6.45, 7) is 3.17. The molecule has 0 saturated carbocycles. The molecule has 1 aliphatic rings. The average Bonchev–Trinajstić information content (AvgIpc) is 3.49. The molecular weight excluding hydrogens is 504 g/mol. The molecule has 4 aromatic rings. The number of fused-ring (bicyclic) bond motifs is 1. The third kappa shape index (κ3) is 5.69. The minimum absolute atomic E-state index is 0.156. The first-order chi connectivity index (χ1) is 17.8. The van der Waals surface area contributed by atoms with E-state index in [1.807, 2.05) is 77.9 Å². The molecule has 7 nitrogen and oxygen atoms in total. The van der Waals surface area contributed by atoms with Gasteiger partial charge < -0.3 is 5.32 Å². The molecule has 1 amide bonds. The van der Waals surface area contributed by atoms with Gasteiger partial charge in [0.05, 0.1) is 16.1 Å². The lowest BCUT2D eigenvalue weighted by Gasteiger charge is -2.34. The summed E-state index contributed by atoms with van der Waals surface area (Å²) in [5.74, 6) is -0.156. The average molecular weight is 535 g/mol. The normalized spacial score (nSPS) is 17.0. The Hall–Kier alpha value is -3.27. The van der Waals surface area contributed by atoms with Gasteiger partial charge in [-0.1, -0.05) is 36.4 Å². The number of para-hydroxylation sites is 1. The number of nitrogens with zero attached hydrogens (tertiary/aromatic N) is 2. The number of anilines is 1. The molecule has 9 heteroatoms. The second kappa shape index (κ2) is 10.6. The second-order valence-corrected chi connectivity index (χ2v) is 12.7. The fraction of sp³-hybridized carbons (Fsp3) is 0.286. The number of piperidine rings is 1. The molecular formula is C28H30N4O3S2. The maximum Gasteiger partial charge on any atom is 0.266 e. The molecule has 1 atom stereocenters. The molecule has 0 spiro atoms. The minimum Gasteiger partial charge on any atom is -0.321 e. The first-order valence-corrected chi connectivity index (χ1v) is 15.2. The van der Waals surface area contributed by atoms with Gasteiger partial charge in [0.2, 0.25) is 0 Å². The summed E-state index contributed by atoms with van der Waals surface area (Å²) in [6, 6.07) is 15.8. The van der Waals surface area contributed by atoms with E-state index in [4.69, 9.17) is 0 Å². The van der Waals surface area contributed by atoms with Gasteiger partial charge in [0, 0.05) is 23.9 Å². The van der Waals surface area contributed by atoms with E-state index in [9.17, 15) is 13.2 Å². The van der Waals surface area contributed by atoms with Gasteiger partial charge in [-0.3, -0.25) is 14.8 Å². The molecule has 3 heterocycles. The zero-order chi connectivity index (χ0) is 26.0. The van der Waals surface area contributed by atoms with Crippen LogP contribution in [0.15, 0.2) is 53.9 Å². The van der Waals surface area contributed by atoms with Gasteiger partial charge in [0.1, 0.15) is 5.37 Å². The van der Waals surface area contributed by atoms with Crippen LogP contribution in [0.25, 0.3) is 23.1 Å². The SMILES string of the molecule is Cc1ccsc1C(=O)Nc1cc(CN2CCCCC2S(C)(=O)=O)ccc1/C=C/c1n[nH]c2ccccc12. The van der Waals surface area contributed by atoms with E-state index >= 15 is 0 Å². The topological polar surface area (TPSA) is 95.2 Å². The van der Waals surface area contributed by atoms with Crippen LogP contribution in [0, 0.1) is 6.92 Å². The van der Waals surface area contributed by atoms with E-state index in [-0.39, 0.29) is 5.91 Å². The van der Waals surface area contributed by atoms with Gasteiger partial charge in [-0.2, -0.15) is 5.10 Å². The van der Waals surface area contributed by atoms with Gasteiger partial charge in [-0.15, -0.1) is 11.3 Å². The van der Waals surface area contributed by atoms with Crippen LogP contribution >= 0.6 is 11.3 Å². The predicted molar refractivity (Wildman–Crippen MR) is 151 cm³/mol. The molecule has 2 aromatic heterocycles. The Labute approximate surface area is 221 Å². The number of hydrogen-bond acceptors (Lipinski definition) is 6. The van der Waals surface area contributed by atoms with Crippen molar-refractivity contribution < 1.29 is 13.2 Å². The number of H-pyrrole nitrogens is 1. The summed E-state index contributed by atoms with van der Waals surface area (Å²) in [4.78, 5) is 15.8. The van der Waals surface area contributed by atoms with Crippen LogP contribution in [-0.2, 0) is 16.4 Å². The largest absolute Gasteiger partial charge is 0.321 e. The molecule has 2 aromatic carbocycles. The fourth-order valence-electron chi connectivity index (χ4n) is 4.88. The number of nitrogens with one attached hydrogen (secondary N) is 2. The van der Waals surface area contributed by atoms with Crippen LogP contribution in [0.3, 0.4) is 0 Å². The van der Waals surface area contributed by atoms with E-state index in [2.05, 4.69) is 15.5 Å². The monoisotopic (exact) mass is 534 g/mol. The van der Waals surface area contributed by atoms with E-state index in [0.717, 1.165) is 52.7 Å². The van der Waals surface area contributed by atoms with E-state index in [0.29, 0.717) is 23.5 Å². The van der Waals surface area contributed by atoms with Crippen molar-refractivity contribution >= 4 is 55.8 Å². The van der Waals surface area contributed by atoms with Crippen molar-refractivity contribution in [2.24, 2.45) is 0 Å². The van der Waals surface area contributed by atoms with Gasteiger partial charge >= 0.3 is 0 Å². The number of amides is 1. The second-order valence-electron chi connectivity index (χ2n) is 9.55. The van der Waals surface area contributed by atoms with E-state index in [1.54, 1.807) is 0 Å². The van der Waals surface area contributed by atoms with Crippen molar-refractivity contribution in [1.29, 1.82) is 0 Å². The Morgan fingerprint density at radius 3 is 2.81 bits per heavy atom. The lowest BCUT2D eigenvalue weighted by Crippen LogP contribution is -2.43. The molecule has 0 aliphatic carbocycles. The Bertz CT molecular complexity index is 1570. The number of thiophene rings is 1. The summed E-state index contributed by atoms with van der Waals surface area (Å²) < 4.78 is 24.8. The fourth-order valence-corrected chi connectivity index (χ4v) is 7.02. The van der Waals surface area contributed by atoms with Crippen molar-refractivity contribution in [3.8, 4) is 0 Å². The zero-order valence-corrected chi connectivity index (χ0v) is 22.5. The number of carbonyl (C=O) groups excluding carboxylic acids is 1. The smallest absolute Gasteiger partial charge is 0.266 e. The molecule has 1 unspecified atom stereocenters. The van der Waals surface area contributed by atoms with Crippen LogP contribution in [-0.4, -0.2) is 47.6 Å². The third-order valence-electron chi connectivity index (χ3n) is 6.79. The van der Waals surface area contributed by atoms with E-state index in [1.165, 1.54) is 17.6 Å². The first-order valence-electron chi connectivity index (χ1n) is 12.3. The Morgan fingerprint density at radius 2 is 2.03 bits per heavy atom. The molecule has 1 fully saturated rings. The van der Waals surface area contributed by atoms with Gasteiger partial charge in [-0.05, 0) is 79.1 Å². The number of aryl methyl sites for hydroxylation is 1. The predicted octanol–water partition coefficient (Wildman–Crippen LogP) is 5.71. The van der Waals surface area contributed by atoms with Crippen LogP contribution in [0.2, 0.25) is 0 Å². The summed E-state index contributed by atoms with van der Waals surface area (Å²) in [7, 11) is -3.18. The summed E-state index contributed by atoms with van der Waals surface area (Å²) in [6.07, 6.45) is 7.75. The van der Waals surface area contributed by atoms with Gasteiger partial charge in [0.25, 0.3) is 5.91 Å². The highest BCUT2D eigenvalue weighted by atomic mass is 32.2. The first kappa shape index (κ1) is 25.4. The van der Waals surface area contributed by atoms with Gasteiger partial charge in [0.15, 0.2) is 9.84 Å². The lowest BCUT2D eigenvalue weighted by atomic mass is 10.0. The molecule has 5 rings (SSSR count). The summed E-state index contributed by atoms with van der Waals surface area (Å²) >= 11 is 1.41. The zero-order valence-electron chi connectivity index (χ0n) is 20.9. The maximum absolute atomic E-state index is 13.1. The molecule has 1 aliphatic heterocycles. The van der Waals surface area contributed by atoms with Crippen LogP contribution < -0.4 is 5.32 Å². The number of sulfone groups is 1. The number of carbonyl (C=O) groups is 1. The van der Waals surface area contributed by atoms with Crippen LogP contribution in [0.4, 0.5) is 5.69 Å². The minimum atomic E-state index is -3.18. The molecule has 2 N–H and O–H groups in total. The Balaban J connectivity index is 1.47. The number of rotatable bonds is 7. The van der Waals surface area contributed by atoms with Crippen molar-refractivity contribution in [2.75, 3.05) is 18.1 Å². The number of hydrogen-bond donors (Lipinski definition) is 2. The van der Waals surface area contributed by atoms with Crippen molar-refractivity contribution in [3.05, 3.63) is 81.2 Å². The number of aromatic amines is 1. The van der Waals surface area contributed by atoms with Gasteiger partial charge in [-0.25, -0.2) is 8.42 Å². The molecule has 37 heavy (non-hydrogen) atoms. The van der Waals surface area contributed by atoms with Crippen molar-refractivity contribution in [2.45, 2.75) is 38.1 Å². The highest BCUT2D eigenvalue weighted by molar-refractivity contribution is 7.91. The number of likely N-dealkylation sites (tertiary alicyclic amines) is 1. The summed E-state index contributed by atoms with van der Waals surface area (Å²) in [5, 5.41) is 13.0. The lowest BCUT2D eigenvalue weighted by molar-refractivity contribution is 0.103. The Morgan fingerprint density at radius 1 is 1.19 bits per heavy atom. The number of aromatic nitrogens is 2. The molecule has 1 saturated heterocycles. The highest BCUT2D eigenvalue weighted by Crippen LogP contribution is 2.28. The maximum atomic E-state index is 13.1. The van der Waals surface area contributed by atoms with Crippen LogP contribution in [0.5, 0.6) is 0 Å². The number of benzene rings is 2. The Kier molecular flexibility index (Phi) is 7.28. The van der Waals surface area contributed by atoms with Crippen molar-refractivity contribution in [1.82, 2.24) is 15.1 Å². The van der Waals surface area contributed by atoms with E-state index < -0.39 is 15.2 Å². The molecule has 0 bridgehead atoms. The quantitative estimate of drug-likeness (QED) is 0.317. The molecule has 0 radical (unpaired) electrons. The highest BCUT2D eigenvalue weighted by Gasteiger charge is 2.30. The standard InChI is InChI=1S/C28H30N4O3S2/c1-19-14-16-36-27(19)28(33)29-25-17-20(18-32-15-6-5-9-26(32)37(2,34)35)10-11-21(25)12-13-24-22-7-3-4-8-23(22)30-31-24/h3-4,7-8,10-14,16-17,26H,5-6,9,15,18H2,1-2H3,(H,29,33)(H,30,31)/b13-12+. The third-order valence-corrected chi connectivity index (χ3v) is 9.33. The summed E-state index contributed by atoms with van der Waals surface area (Å²) in [5.41, 5.74) is 5.19. The molecule has 192 valence electrons. The van der Waals surface area contributed by atoms with Crippen molar-refractivity contribution in [3.63, 3.8) is 0 Å².